The van der Waals surface area contributed by atoms with Gasteiger partial charge in [0.2, 0.25) is 0 Å². The van der Waals surface area contributed by atoms with Crippen molar-refractivity contribution >= 4 is 11.3 Å². The molecule has 0 aliphatic heterocycles. The lowest BCUT2D eigenvalue weighted by atomic mass is 9.86. The van der Waals surface area contributed by atoms with E-state index < -0.39 is 0 Å². The summed E-state index contributed by atoms with van der Waals surface area (Å²) >= 11 is 1.68. The topological polar surface area (TPSA) is 33.1 Å². The molecule has 0 bridgehead atoms. The first-order valence-electron chi connectivity index (χ1n) is 6.85. The van der Waals surface area contributed by atoms with Gasteiger partial charge in [0.05, 0.1) is 16.8 Å². The Morgan fingerprint density at radius 1 is 1.29 bits per heavy atom. The Morgan fingerprint density at radius 2 is 1.94 bits per heavy atom. The second-order valence-corrected chi connectivity index (χ2v) is 6.30. The summed E-state index contributed by atoms with van der Waals surface area (Å²) in [6.07, 6.45) is 9.61. The van der Waals surface area contributed by atoms with Gasteiger partial charge in [-0.15, -0.1) is 11.3 Å². The minimum absolute atomic E-state index is 0.186. The normalized spacial score (nSPS) is 20.8. The number of aliphatic hydroxyl groups excluding tert-OH is 1. The molecule has 0 aromatic carbocycles. The number of nitrogens with zero attached hydrogens (tertiary/aromatic N) is 1. The summed E-state index contributed by atoms with van der Waals surface area (Å²) in [4.78, 5) is 4.45. The highest BCUT2D eigenvalue weighted by Gasteiger charge is 2.21. The van der Waals surface area contributed by atoms with E-state index in [1.165, 1.54) is 44.9 Å². The predicted molar refractivity (Wildman–Crippen MR) is 72.4 cm³/mol. The number of aryl methyl sites for hydroxylation is 1. The maximum Gasteiger partial charge on any atom is 0.0897 e. The molecule has 0 spiro atoms. The number of aromatic nitrogens is 1. The smallest absolute Gasteiger partial charge is 0.0897 e. The number of thiazole rings is 1. The van der Waals surface area contributed by atoms with Crippen molar-refractivity contribution in [2.24, 2.45) is 5.92 Å². The van der Waals surface area contributed by atoms with E-state index >= 15 is 0 Å². The molecule has 0 amide bonds. The van der Waals surface area contributed by atoms with Crippen LogP contribution in [0.5, 0.6) is 0 Å². The first-order valence-corrected chi connectivity index (χ1v) is 7.73. The molecule has 0 radical (unpaired) electrons. The minimum atomic E-state index is -0.186. The molecular formula is C14H23NOS. The molecule has 1 aliphatic rings. The Balaban J connectivity index is 1.86. The Hall–Kier alpha value is -0.410. The van der Waals surface area contributed by atoms with Crippen LogP contribution >= 0.6 is 11.3 Å². The summed E-state index contributed by atoms with van der Waals surface area (Å²) in [6.45, 7) is 2.02. The van der Waals surface area contributed by atoms with Crippen molar-refractivity contribution in [2.45, 2.75) is 64.4 Å². The van der Waals surface area contributed by atoms with E-state index in [0.717, 1.165) is 17.1 Å². The number of aliphatic hydroxyl groups is 1. The van der Waals surface area contributed by atoms with Crippen LogP contribution in [0.15, 0.2) is 5.38 Å². The highest BCUT2D eigenvalue weighted by Crippen LogP contribution is 2.26. The van der Waals surface area contributed by atoms with Crippen molar-refractivity contribution in [2.75, 3.05) is 0 Å². The summed E-state index contributed by atoms with van der Waals surface area (Å²) in [5.74, 6) is 0.498. The monoisotopic (exact) mass is 253 g/mol. The standard InChI is InChI=1S/C14H23NOS/c1-11-15-13(10-17-11)9-14(16)12-7-5-3-2-4-6-8-12/h10,12,14,16H,2-9H2,1H3. The van der Waals surface area contributed by atoms with Gasteiger partial charge >= 0.3 is 0 Å². The molecule has 1 atom stereocenters. The van der Waals surface area contributed by atoms with E-state index in [1.807, 2.05) is 6.92 Å². The van der Waals surface area contributed by atoms with Crippen molar-refractivity contribution in [1.29, 1.82) is 0 Å². The number of rotatable bonds is 3. The Morgan fingerprint density at radius 3 is 2.53 bits per heavy atom. The van der Waals surface area contributed by atoms with Crippen molar-refractivity contribution in [1.82, 2.24) is 4.98 Å². The molecule has 1 unspecified atom stereocenters. The van der Waals surface area contributed by atoms with Gasteiger partial charge in [0.25, 0.3) is 0 Å². The van der Waals surface area contributed by atoms with E-state index in [9.17, 15) is 5.11 Å². The quantitative estimate of drug-likeness (QED) is 0.890. The third kappa shape index (κ3) is 4.07. The van der Waals surface area contributed by atoms with Crippen LogP contribution in [0.1, 0.15) is 55.6 Å². The molecule has 1 N–H and O–H groups in total. The van der Waals surface area contributed by atoms with Gasteiger partial charge in [-0.25, -0.2) is 4.98 Å². The average Bonchev–Trinajstić information content (AvgIpc) is 2.63. The molecule has 17 heavy (non-hydrogen) atoms. The zero-order valence-electron chi connectivity index (χ0n) is 10.7. The van der Waals surface area contributed by atoms with E-state index in [0.29, 0.717) is 5.92 Å². The SMILES string of the molecule is Cc1nc(CC(O)C2CCCCCCC2)cs1. The number of hydrogen-bond donors (Lipinski definition) is 1. The predicted octanol–water partition coefficient (Wildman–Crippen LogP) is 3.72. The molecule has 0 saturated heterocycles. The fraction of sp³-hybridized carbons (Fsp3) is 0.786. The highest BCUT2D eigenvalue weighted by atomic mass is 32.1. The zero-order valence-corrected chi connectivity index (χ0v) is 11.5. The fourth-order valence-corrected chi connectivity index (χ4v) is 3.38. The van der Waals surface area contributed by atoms with E-state index in [2.05, 4.69) is 10.4 Å². The lowest BCUT2D eigenvalue weighted by Crippen LogP contribution is -2.24. The minimum Gasteiger partial charge on any atom is -0.392 e. The van der Waals surface area contributed by atoms with Gasteiger partial charge in [-0.1, -0.05) is 32.1 Å². The van der Waals surface area contributed by atoms with Crippen LogP contribution in [0, 0.1) is 12.8 Å². The first kappa shape index (κ1) is 13.0. The van der Waals surface area contributed by atoms with Gasteiger partial charge in [0.1, 0.15) is 0 Å². The summed E-state index contributed by atoms with van der Waals surface area (Å²) in [5, 5.41) is 13.5. The van der Waals surface area contributed by atoms with Crippen LogP contribution in [0.3, 0.4) is 0 Å². The van der Waals surface area contributed by atoms with Gasteiger partial charge in [-0.05, 0) is 25.7 Å². The van der Waals surface area contributed by atoms with Crippen molar-refractivity contribution in [3.8, 4) is 0 Å². The molecule has 1 aromatic rings. The summed E-state index contributed by atoms with van der Waals surface area (Å²) < 4.78 is 0. The van der Waals surface area contributed by atoms with Crippen LogP contribution in [0.25, 0.3) is 0 Å². The molecule has 3 heteroatoms. The molecule has 96 valence electrons. The van der Waals surface area contributed by atoms with Crippen LogP contribution in [-0.2, 0) is 6.42 Å². The van der Waals surface area contributed by atoms with Crippen molar-refractivity contribution in [3.05, 3.63) is 16.1 Å². The zero-order chi connectivity index (χ0) is 12.1. The molecule has 1 heterocycles. The molecule has 1 saturated carbocycles. The third-order valence-corrected chi connectivity index (χ3v) is 4.60. The Labute approximate surface area is 108 Å². The summed E-state index contributed by atoms with van der Waals surface area (Å²) in [6, 6.07) is 0. The van der Waals surface area contributed by atoms with E-state index in [-0.39, 0.29) is 6.10 Å². The fourth-order valence-electron chi connectivity index (χ4n) is 2.76. The van der Waals surface area contributed by atoms with Gasteiger partial charge in [-0.2, -0.15) is 0 Å². The molecule has 1 fully saturated rings. The highest BCUT2D eigenvalue weighted by molar-refractivity contribution is 7.09. The first-order chi connectivity index (χ1) is 8.25. The molecule has 1 aliphatic carbocycles. The lowest BCUT2D eigenvalue weighted by molar-refractivity contribution is 0.0906. The largest absolute Gasteiger partial charge is 0.392 e. The van der Waals surface area contributed by atoms with Crippen LogP contribution < -0.4 is 0 Å². The van der Waals surface area contributed by atoms with Crippen molar-refractivity contribution < 1.29 is 5.11 Å². The molecule has 2 rings (SSSR count). The number of hydrogen-bond acceptors (Lipinski definition) is 3. The maximum absolute atomic E-state index is 10.3. The molecular weight excluding hydrogens is 230 g/mol. The second-order valence-electron chi connectivity index (χ2n) is 5.23. The second kappa shape index (κ2) is 6.50. The van der Waals surface area contributed by atoms with E-state index in [4.69, 9.17) is 0 Å². The lowest BCUT2D eigenvalue weighted by Gasteiger charge is -2.24. The molecule has 1 aromatic heterocycles. The van der Waals surface area contributed by atoms with Crippen molar-refractivity contribution in [3.63, 3.8) is 0 Å². The van der Waals surface area contributed by atoms with E-state index in [1.54, 1.807) is 11.3 Å². The van der Waals surface area contributed by atoms with Gasteiger partial charge in [0.15, 0.2) is 0 Å². The van der Waals surface area contributed by atoms with Crippen LogP contribution in [0.2, 0.25) is 0 Å². The maximum atomic E-state index is 10.3. The molecule has 2 nitrogen and oxygen atoms in total. The Bertz CT molecular complexity index is 329. The average molecular weight is 253 g/mol. The van der Waals surface area contributed by atoms with Gasteiger partial charge in [-0.3, -0.25) is 0 Å². The summed E-state index contributed by atoms with van der Waals surface area (Å²) in [5.41, 5.74) is 1.07. The summed E-state index contributed by atoms with van der Waals surface area (Å²) in [7, 11) is 0. The third-order valence-electron chi connectivity index (χ3n) is 3.78. The van der Waals surface area contributed by atoms with Gasteiger partial charge < -0.3 is 5.11 Å². The van der Waals surface area contributed by atoms with Crippen LogP contribution in [-0.4, -0.2) is 16.2 Å². The van der Waals surface area contributed by atoms with Gasteiger partial charge in [0, 0.05) is 11.8 Å². The van der Waals surface area contributed by atoms with Crippen LogP contribution in [0.4, 0.5) is 0 Å². The Kier molecular flexibility index (Phi) is 4.99.